The Morgan fingerprint density at radius 1 is 1.26 bits per heavy atom. The minimum absolute atomic E-state index is 0.0884. The Morgan fingerprint density at radius 3 is 2.77 bits per heavy atom. The van der Waals surface area contributed by atoms with E-state index in [4.69, 9.17) is 9.72 Å². The average Bonchev–Trinajstić information content (AvgIpc) is 3.24. The molecule has 6 nitrogen and oxygen atoms in total. The van der Waals surface area contributed by atoms with Crippen LogP contribution in [0.15, 0.2) is 42.7 Å². The summed E-state index contributed by atoms with van der Waals surface area (Å²) in [5.74, 6) is 1.96. The van der Waals surface area contributed by atoms with Crippen LogP contribution in [-0.2, 0) is 6.42 Å². The van der Waals surface area contributed by atoms with Crippen LogP contribution in [0.5, 0.6) is 5.75 Å². The Bertz CT molecular complexity index is 1040. The predicted molar refractivity (Wildman–Crippen MR) is 125 cm³/mol. The molecule has 0 aliphatic carbocycles. The topological polar surface area (TPSA) is 61.5 Å². The third kappa shape index (κ3) is 4.24. The lowest BCUT2D eigenvalue weighted by atomic mass is 10.0. The molecule has 3 heterocycles. The molecular formula is C25H32N4O2. The molecule has 1 N–H and O–H groups in total. The van der Waals surface area contributed by atoms with E-state index in [1.54, 1.807) is 7.11 Å². The number of fused-ring (bicyclic) bond motifs is 1. The second-order valence-electron chi connectivity index (χ2n) is 8.16. The molecule has 6 heteroatoms. The molecule has 0 saturated carbocycles. The summed E-state index contributed by atoms with van der Waals surface area (Å²) in [7, 11) is 1.65. The molecule has 1 aliphatic rings. The maximum absolute atomic E-state index is 13.3. The first-order valence-electron chi connectivity index (χ1n) is 11.3. The molecule has 1 amide bonds. The van der Waals surface area contributed by atoms with Gasteiger partial charge in [0.15, 0.2) is 0 Å². The number of amides is 1. The summed E-state index contributed by atoms with van der Waals surface area (Å²) in [5, 5.41) is 0.916. The molecule has 0 atom stereocenters. The van der Waals surface area contributed by atoms with Crippen LogP contribution in [-0.4, -0.2) is 53.6 Å². The number of ether oxygens (including phenoxy) is 1. The van der Waals surface area contributed by atoms with Gasteiger partial charge in [-0.05, 0) is 56.0 Å². The van der Waals surface area contributed by atoms with E-state index in [0.717, 1.165) is 73.4 Å². The van der Waals surface area contributed by atoms with Crippen molar-refractivity contribution in [1.29, 1.82) is 0 Å². The van der Waals surface area contributed by atoms with Gasteiger partial charge in [-0.25, -0.2) is 4.98 Å². The number of rotatable bonds is 7. The molecule has 0 bridgehead atoms. The normalized spacial score (nSPS) is 14.7. The number of hydrogen-bond donors (Lipinski definition) is 1. The molecule has 3 aromatic rings. The number of aryl methyl sites for hydroxylation is 1. The highest BCUT2D eigenvalue weighted by molar-refractivity contribution is 6.07. The molecule has 164 valence electrons. The number of nitrogens with one attached hydrogen (secondary N) is 1. The van der Waals surface area contributed by atoms with E-state index >= 15 is 0 Å². The number of carbonyl (C=O) groups excluding carboxylic acids is 1. The minimum Gasteiger partial charge on any atom is -0.497 e. The molecule has 1 aliphatic heterocycles. The van der Waals surface area contributed by atoms with Gasteiger partial charge in [-0.15, -0.1) is 0 Å². The summed E-state index contributed by atoms with van der Waals surface area (Å²) in [4.78, 5) is 25.6. The van der Waals surface area contributed by atoms with E-state index in [-0.39, 0.29) is 5.91 Å². The van der Waals surface area contributed by atoms with Crippen LogP contribution in [0.4, 0.5) is 5.82 Å². The van der Waals surface area contributed by atoms with E-state index in [1.165, 1.54) is 5.56 Å². The molecule has 1 fully saturated rings. The van der Waals surface area contributed by atoms with Gasteiger partial charge < -0.3 is 19.5 Å². The molecular weight excluding hydrogens is 388 g/mol. The Balaban J connectivity index is 1.48. The van der Waals surface area contributed by atoms with Crippen LogP contribution >= 0.6 is 0 Å². The lowest BCUT2D eigenvalue weighted by Crippen LogP contribution is -2.47. The van der Waals surface area contributed by atoms with Crippen molar-refractivity contribution >= 4 is 22.6 Å². The maximum atomic E-state index is 13.3. The first-order valence-corrected chi connectivity index (χ1v) is 11.3. The number of piperidine rings is 1. The van der Waals surface area contributed by atoms with Crippen LogP contribution in [0.1, 0.15) is 49.0 Å². The van der Waals surface area contributed by atoms with Crippen LogP contribution < -0.4 is 9.64 Å². The number of likely N-dealkylation sites (tertiary alicyclic amines) is 1. The van der Waals surface area contributed by atoms with Crippen LogP contribution in [0.2, 0.25) is 0 Å². The Kier molecular flexibility index (Phi) is 6.44. The molecule has 0 unspecified atom stereocenters. The van der Waals surface area contributed by atoms with Crippen LogP contribution in [0.3, 0.4) is 0 Å². The molecule has 4 rings (SSSR count). The number of pyridine rings is 1. The van der Waals surface area contributed by atoms with Gasteiger partial charge in [0.05, 0.1) is 12.7 Å². The monoisotopic (exact) mass is 420 g/mol. The Morgan fingerprint density at radius 2 is 2.06 bits per heavy atom. The number of H-pyrrole nitrogens is 1. The highest BCUT2D eigenvalue weighted by Gasteiger charge is 2.29. The van der Waals surface area contributed by atoms with Crippen molar-refractivity contribution in [3.8, 4) is 5.75 Å². The molecule has 1 saturated heterocycles. The van der Waals surface area contributed by atoms with E-state index < -0.39 is 0 Å². The van der Waals surface area contributed by atoms with Gasteiger partial charge in [-0.2, -0.15) is 0 Å². The third-order valence-corrected chi connectivity index (χ3v) is 6.31. The zero-order valence-electron chi connectivity index (χ0n) is 18.7. The van der Waals surface area contributed by atoms with Crippen LogP contribution in [0.25, 0.3) is 10.9 Å². The third-order valence-electron chi connectivity index (χ3n) is 6.31. The van der Waals surface area contributed by atoms with Gasteiger partial charge in [-0.3, -0.25) is 4.79 Å². The highest BCUT2D eigenvalue weighted by atomic mass is 16.5. The quantitative estimate of drug-likeness (QED) is 0.604. The summed E-state index contributed by atoms with van der Waals surface area (Å²) in [6.45, 7) is 6.84. The van der Waals surface area contributed by atoms with Crippen molar-refractivity contribution < 1.29 is 9.53 Å². The summed E-state index contributed by atoms with van der Waals surface area (Å²) in [6, 6.07) is 10.4. The lowest BCUT2D eigenvalue weighted by molar-refractivity contribution is 0.0714. The molecule has 2 aromatic heterocycles. The van der Waals surface area contributed by atoms with Crippen molar-refractivity contribution in [3.05, 3.63) is 53.9 Å². The fraction of sp³-hybridized carbons (Fsp3) is 0.440. The van der Waals surface area contributed by atoms with E-state index in [9.17, 15) is 4.79 Å². The number of aromatic nitrogens is 2. The maximum Gasteiger partial charge on any atom is 0.256 e. The number of benzene rings is 1. The van der Waals surface area contributed by atoms with Gasteiger partial charge in [0.25, 0.3) is 5.91 Å². The van der Waals surface area contributed by atoms with E-state index in [2.05, 4.69) is 29.8 Å². The van der Waals surface area contributed by atoms with Crippen LogP contribution in [0, 0.1) is 0 Å². The summed E-state index contributed by atoms with van der Waals surface area (Å²) in [5.41, 5.74) is 2.99. The van der Waals surface area contributed by atoms with Gasteiger partial charge >= 0.3 is 0 Å². The first-order chi connectivity index (χ1) is 15.2. The fourth-order valence-electron chi connectivity index (χ4n) is 4.69. The second-order valence-corrected chi connectivity index (χ2v) is 8.16. The van der Waals surface area contributed by atoms with Gasteiger partial charge in [0, 0.05) is 49.0 Å². The zero-order valence-corrected chi connectivity index (χ0v) is 18.7. The molecule has 31 heavy (non-hydrogen) atoms. The number of carbonyl (C=O) groups is 1. The summed E-state index contributed by atoms with van der Waals surface area (Å²) >= 11 is 0. The molecule has 0 radical (unpaired) electrons. The van der Waals surface area contributed by atoms with Gasteiger partial charge in [0.2, 0.25) is 0 Å². The average molecular weight is 421 g/mol. The van der Waals surface area contributed by atoms with E-state index in [0.29, 0.717) is 6.04 Å². The van der Waals surface area contributed by atoms with Gasteiger partial charge in [0.1, 0.15) is 11.6 Å². The Hall–Kier alpha value is -3.02. The number of methoxy groups -OCH3 is 1. The standard InChI is InChI=1S/C25H32N4O2/c1-4-7-18-8-6-13-26-24(18)29(5-2)19-11-14-28(15-12-19)25(30)22-17-27-23-10-9-20(31-3)16-21(22)23/h6,8-10,13,16-17,19,27H,4-5,7,11-12,14-15H2,1-3H3. The number of nitrogens with zero attached hydrogens (tertiary/aromatic N) is 3. The van der Waals surface area contributed by atoms with Crippen molar-refractivity contribution in [2.24, 2.45) is 0 Å². The highest BCUT2D eigenvalue weighted by Crippen LogP contribution is 2.28. The SMILES string of the molecule is CCCc1cccnc1N(CC)C1CCN(C(=O)c2c[nH]c3ccc(OC)cc23)CC1. The largest absolute Gasteiger partial charge is 0.497 e. The van der Waals surface area contributed by atoms with Crippen molar-refractivity contribution in [2.45, 2.75) is 45.6 Å². The number of aromatic amines is 1. The van der Waals surface area contributed by atoms with Crippen molar-refractivity contribution in [2.75, 3.05) is 31.6 Å². The predicted octanol–water partition coefficient (Wildman–Crippen LogP) is 4.66. The number of anilines is 1. The number of hydrogen-bond acceptors (Lipinski definition) is 4. The van der Waals surface area contributed by atoms with E-state index in [1.807, 2.05) is 41.6 Å². The minimum atomic E-state index is 0.0884. The molecule has 1 aromatic carbocycles. The zero-order chi connectivity index (χ0) is 21.8. The first kappa shape index (κ1) is 21.2. The smallest absolute Gasteiger partial charge is 0.256 e. The molecule has 0 spiro atoms. The fourth-order valence-corrected chi connectivity index (χ4v) is 4.69. The van der Waals surface area contributed by atoms with Gasteiger partial charge in [-0.1, -0.05) is 19.4 Å². The summed E-state index contributed by atoms with van der Waals surface area (Å²) in [6.07, 6.45) is 7.77. The Labute approximate surface area is 184 Å². The lowest BCUT2D eigenvalue weighted by Gasteiger charge is -2.39. The second kappa shape index (κ2) is 9.41. The summed E-state index contributed by atoms with van der Waals surface area (Å²) < 4.78 is 5.34. The van der Waals surface area contributed by atoms with Crippen molar-refractivity contribution in [1.82, 2.24) is 14.9 Å². The van der Waals surface area contributed by atoms with Crippen molar-refractivity contribution in [3.63, 3.8) is 0 Å².